The van der Waals surface area contributed by atoms with Gasteiger partial charge in [-0.05, 0) is 42.9 Å². The van der Waals surface area contributed by atoms with Crippen LogP contribution in [-0.4, -0.2) is 23.7 Å². The van der Waals surface area contributed by atoms with E-state index < -0.39 is 0 Å². The van der Waals surface area contributed by atoms with E-state index in [-0.39, 0.29) is 18.6 Å². The molecule has 116 valence electrons. The number of nitrogens with one attached hydrogen (secondary N) is 1. The maximum Gasteiger partial charge on any atom is 0.217 e. The normalized spacial score (nSPS) is 27.6. The van der Waals surface area contributed by atoms with Crippen LogP contribution in [0.15, 0.2) is 12.7 Å². The van der Waals surface area contributed by atoms with E-state index in [1.807, 2.05) is 6.08 Å². The number of aliphatic hydroxyl groups is 1. The third kappa shape index (κ3) is 4.62. The number of amides is 1. The summed E-state index contributed by atoms with van der Waals surface area (Å²) in [4.78, 5) is 11.5. The highest BCUT2D eigenvalue weighted by Crippen LogP contribution is 2.40. The predicted octanol–water partition coefficient (Wildman–Crippen LogP) is 3.14. The molecule has 0 aromatic carbocycles. The van der Waals surface area contributed by atoms with Crippen molar-refractivity contribution in [2.45, 2.75) is 58.9 Å². The maximum atomic E-state index is 11.5. The molecule has 4 atom stereocenters. The largest absolute Gasteiger partial charge is 0.396 e. The molecular weight excluding hydrogens is 250 g/mol. The fourth-order valence-corrected chi connectivity index (χ4v) is 3.68. The summed E-state index contributed by atoms with van der Waals surface area (Å²) in [6, 6.07) is 0.219. The highest BCUT2D eigenvalue weighted by molar-refractivity contribution is 5.73. The molecule has 0 saturated heterocycles. The molecule has 20 heavy (non-hydrogen) atoms. The van der Waals surface area contributed by atoms with Crippen LogP contribution in [0.1, 0.15) is 52.9 Å². The molecule has 3 heteroatoms. The van der Waals surface area contributed by atoms with E-state index in [9.17, 15) is 9.90 Å². The van der Waals surface area contributed by atoms with Crippen molar-refractivity contribution in [3.63, 3.8) is 0 Å². The first-order valence-electron chi connectivity index (χ1n) is 8.06. The molecule has 2 N–H and O–H groups in total. The van der Waals surface area contributed by atoms with Crippen molar-refractivity contribution < 1.29 is 9.90 Å². The van der Waals surface area contributed by atoms with Gasteiger partial charge in [-0.25, -0.2) is 0 Å². The van der Waals surface area contributed by atoms with Gasteiger partial charge in [0.1, 0.15) is 0 Å². The monoisotopic (exact) mass is 281 g/mol. The lowest BCUT2D eigenvalue weighted by Crippen LogP contribution is -2.41. The van der Waals surface area contributed by atoms with Crippen LogP contribution in [0.25, 0.3) is 0 Å². The van der Waals surface area contributed by atoms with Gasteiger partial charge in [-0.2, -0.15) is 0 Å². The lowest BCUT2D eigenvalue weighted by molar-refractivity contribution is -0.120. The minimum absolute atomic E-state index is 0.0521. The van der Waals surface area contributed by atoms with Crippen LogP contribution in [0, 0.1) is 23.7 Å². The van der Waals surface area contributed by atoms with Crippen molar-refractivity contribution in [1.82, 2.24) is 5.32 Å². The van der Waals surface area contributed by atoms with Gasteiger partial charge in [0.2, 0.25) is 5.91 Å². The zero-order valence-electron chi connectivity index (χ0n) is 13.3. The second-order valence-electron chi connectivity index (χ2n) is 6.31. The summed E-state index contributed by atoms with van der Waals surface area (Å²) < 4.78 is 0. The van der Waals surface area contributed by atoms with E-state index in [2.05, 4.69) is 25.7 Å². The van der Waals surface area contributed by atoms with E-state index in [1.165, 1.54) is 0 Å². The second-order valence-corrected chi connectivity index (χ2v) is 6.31. The zero-order chi connectivity index (χ0) is 15.1. The molecule has 1 aliphatic rings. The van der Waals surface area contributed by atoms with Crippen molar-refractivity contribution in [2.24, 2.45) is 23.7 Å². The molecule has 0 radical (unpaired) electrons. The highest BCUT2D eigenvalue weighted by Gasteiger charge is 2.37. The molecule has 0 aromatic heterocycles. The molecule has 3 nitrogen and oxygen atoms in total. The summed E-state index contributed by atoms with van der Waals surface area (Å²) in [6.07, 6.45) is 7.37. The third-order valence-electron chi connectivity index (χ3n) is 4.97. The first kappa shape index (κ1) is 17.2. The Balaban J connectivity index is 2.79. The van der Waals surface area contributed by atoms with Gasteiger partial charge in [0.15, 0.2) is 0 Å². The molecule has 1 aliphatic carbocycles. The van der Waals surface area contributed by atoms with Crippen molar-refractivity contribution >= 4 is 5.91 Å². The van der Waals surface area contributed by atoms with Crippen LogP contribution in [0.4, 0.5) is 0 Å². The molecule has 0 bridgehead atoms. The summed E-state index contributed by atoms with van der Waals surface area (Å²) in [6.45, 7) is 10.2. The maximum absolute atomic E-state index is 11.5. The molecule has 0 unspecified atom stereocenters. The van der Waals surface area contributed by atoms with Crippen LogP contribution < -0.4 is 5.32 Å². The SMILES string of the molecule is C=C[C@@H]1C[C@H](CO)C[C@H]1[C@H](CC(CC)CC)NC(C)=O. The Labute approximate surface area is 123 Å². The minimum atomic E-state index is 0.0521. The first-order chi connectivity index (χ1) is 9.55. The molecule has 0 aliphatic heterocycles. The van der Waals surface area contributed by atoms with Gasteiger partial charge < -0.3 is 10.4 Å². The average molecular weight is 281 g/mol. The van der Waals surface area contributed by atoms with Gasteiger partial charge in [-0.3, -0.25) is 4.79 Å². The smallest absolute Gasteiger partial charge is 0.217 e. The molecule has 1 rings (SSSR count). The van der Waals surface area contributed by atoms with Crippen molar-refractivity contribution in [3.05, 3.63) is 12.7 Å². The first-order valence-corrected chi connectivity index (χ1v) is 8.06. The Hall–Kier alpha value is -0.830. The molecule has 0 heterocycles. The van der Waals surface area contributed by atoms with Gasteiger partial charge in [-0.15, -0.1) is 6.58 Å². The van der Waals surface area contributed by atoms with Crippen LogP contribution in [0.3, 0.4) is 0 Å². The van der Waals surface area contributed by atoms with Crippen LogP contribution in [0.5, 0.6) is 0 Å². The molecule has 0 spiro atoms. The standard InChI is InChI=1S/C17H31NO2/c1-5-13(6-2)10-17(18-12(4)20)16-9-14(11-19)8-15(16)7-3/h7,13-17,19H,3,5-6,8-11H2,1-2,4H3,(H,18,20)/t14-,15+,16+,17-/m0/s1. The molecule has 1 amide bonds. The Morgan fingerprint density at radius 1 is 1.40 bits per heavy atom. The van der Waals surface area contributed by atoms with Gasteiger partial charge in [0.05, 0.1) is 0 Å². The number of carbonyl (C=O) groups is 1. The number of allylic oxidation sites excluding steroid dienone is 1. The Morgan fingerprint density at radius 3 is 2.50 bits per heavy atom. The van der Waals surface area contributed by atoms with Crippen molar-refractivity contribution in [3.8, 4) is 0 Å². The number of hydrogen-bond acceptors (Lipinski definition) is 2. The summed E-state index contributed by atoms with van der Waals surface area (Å²) >= 11 is 0. The highest BCUT2D eigenvalue weighted by atomic mass is 16.3. The van der Waals surface area contributed by atoms with Gasteiger partial charge >= 0.3 is 0 Å². The lowest BCUT2D eigenvalue weighted by atomic mass is 9.82. The van der Waals surface area contributed by atoms with Crippen LogP contribution >= 0.6 is 0 Å². The quantitative estimate of drug-likeness (QED) is 0.672. The minimum Gasteiger partial charge on any atom is -0.396 e. The topological polar surface area (TPSA) is 49.3 Å². The summed E-state index contributed by atoms with van der Waals surface area (Å²) in [5.41, 5.74) is 0. The third-order valence-corrected chi connectivity index (χ3v) is 4.97. The molecule has 1 fully saturated rings. The Kier molecular flexibility index (Phi) is 7.28. The number of hydrogen-bond donors (Lipinski definition) is 2. The lowest BCUT2D eigenvalue weighted by Gasteiger charge is -2.30. The molecule has 0 aromatic rings. The second kappa shape index (κ2) is 8.46. The fourth-order valence-electron chi connectivity index (χ4n) is 3.68. The molecular formula is C17H31NO2. The van der Waals surface area contributed by atoms with Crippen molar-refractivity contribution in [1.29, 1.82) is 0 Å². The van der Waals surface area contributed by atoms with Crippen molar-refractivity contribution in [2.75, 3.05) is 6.61 Å². The average Bonchev–Trinajstić information content (AvgIpc) is 2.86. The van der Waals surface area contributed by atoms with Crippen LogP contribution in [0.2, 0.25) is 0 Å². The Bertz CT molecular complexity index is 312. The number of carbonyl (C=O) groups excluding carboxylic acids is 1. The Morgan fingerprint density at radius 2 is 2.05 bits per heavy atom. The van der Waals surface area contributed by atoms with E-state index in [4.69, 9.17) is 0 Å². The van der Waals surface area contributed by atoms with Gasteiger partial charge in [-0.1, -0.05) is 32.8 Å². The fraction of sp³-hybridized carbons (Fsp3) is 0.824. The van der Waals surface area contributed by atoms with Gasteiger partial charge in [0, 0.05) is 19.6 Å². The summed E-state index contributed by atoms with van der Waals surface area (Å²) in [7, 11) is 0. The van der Waals surface area contributed by atoms with E-state index in [0.29, 0.717) is 23.7 Å². The number of rotatable bonds is 8. The number of aliphatic hydroxyl groups excluding tert-OH is 1. The zero-order valence-corrected chi connectivity index (χ0v) is 13.3. The van der Waals surface area contributed by atoms with E-state index >= 15 is 0 Å². The summed E-state index contributed by atoms with van der Waals surface area (Å²) in [5, 5.41) is 12.6. The van der Waals surface area contributed by atoms with E-state index in [0.717, 1.165) is 32.1 Å². The van der Waals surface area contributed by atoms with Crippen LogP contribution in [-0.2, 0) is 4.79 Å². The molecule has 1 saturated carbocycles. The summed E-state index contributed by atoms with van der Waals surface area (Å²) in [5.74, 6) is 1.91. The van der Waals surface area contributed by atoms with Gasteiger partial charge in [0.25, 0.3) is 0 Å². The van der Waals surface area contributed by atoms with E-state index in [1.54, 1.807) is 6.92 Å². The predicted molar refractivity (Wildman–Crippen MR) is 83.3 cm³/mol.